The number of aliphatic hydroxyl groups excluding tert-OH is 1. The van der Waals surface area contributed by atoms with Gasteiger partial charge in [0, 0.05) is 6.42 Å². The molecule has 1 amide bonds. The normalized spacial score (nSPS) is 14.5. The summed E-state index contributed by atoms with van der Waals surface area (Å²) in [5, 5.41) is 13.9. The molecule has 2 N–H and O–H groups in total. The van der Waals surface area contributed by atoms with Crippen LogP contribution in [0.4, 0.5) is 0 Å². The molecule has 0 aliphatic rings. The molecule has 0 fully saturated rings. The Balaban J connectivity index is 4.12. The van der Waals surface area contributed by atoms with E-state index in [0.717, 1.165) is 77.0 Å². The van der Waals surface area contributed by atoms with Crippen LogP contribution in [0.25, 0.3) is 0 Å². The average Bonchev–Trinajstić information content (AvgIpc) is 3.35. The van der Waals surface area contributed by atoms with Crippen LogP contribution in [0.3, 0.4) is 0 Å². The summed E-state index contributed by atoms with van der Waals surface area (Å²) in [6.07, 6.45) is 76.6. The van der Waals surface area contributed by atoms with Crippen molar-refractivity contribution in [3.05, 3.63) is 85.1 Å². The van der Waals surface area contributed by atoms with Gasteiger partial charge in [-0.2, -0.15) is 0 Å². The zero-order chi connectivity index (χ0) is 53.5. The molecular formula is C64H117N2O6P. The predicted octanol–water partition coefficient (Wildman–Crippen LogP) is 18.2. The highest BCUT2D eigenvalue weighted by Gasteiger charge is 2.23. The number of likely N-dealkylation sites (N-methyl/N-ethyl adjacent to an activating group) is 1. The number of phosphoric acid groups is 1. The fraction of sp³-hybridized carbons (Fsp3) is 0.766. The number of unbranched alkanes of at least 4 members (excludes halogenated alkanes) is 30. The second-order valence-corrected chi connectivity index (χ2v) is 23.1. The fourth-order valence-electron chi connectivity index (χ4n) is 8.63. The Labute approximate surface area is 452 Å². The number of nitrogens with zero attached hydrogens (tertiary/aromatic N) is 1. The summed E-state index contributed by atoms with van der Waals surface area (Å²) in [4.78, 5) is 25.5. The minimum Gasteiger partial charge on any atom is -0.756 e. The van der Waals surface area contributed by atoms with Gasteiger partial charge in [0.2, 0.25) is 5.91 Å². The molecule has 0 aliphatic heterocycles. The molecule has 0 heterocycles. The van der Waals surface area contributed by atoms with Gasteiger partial charge in [0.05, 0.1) is 39.9 Å². The first-order valence-electron chi connectivity index (χ1n) is 30.4. The molecule has 0 radical (unpaired) electrons. The highest BCUT2D eigenvalue weighted by atomic mass is 31.2. The van der Waals surface area contributed by atoms with Gasteiger partial charge in [-0.05, 0) is 70.6 Å². The van der Waals surface area contributed by atoms with Crippen molar-refractivity contribution in [2.75, 3.05) is 40.9 Å². The van der Waals surface area contributed by atoms with Crippen molar-refractivity contribution in [3.63, 3.8) is 0 Å². The third-order valence-electron chi connectivity index (χ3n) is 13.4. The average molecular weight is 1040 g/mol. The molecule has 3 atom stereocenters. The number of allylic oxidation sites excluding steroid dienone is 13. The number of rotatable bonds is 55. The summed E-state index contributed by atoms with van der Waals surface area (Å²) in [6, 6.07) is -0.891. The largest absolute Gasteiger partial charge is 0.756 e. The first-order chi connectivity index (χ1) is 35.5. The van der Waals surface area contributed by atoms with Gasteiger partial charge in [-0.1, -0.05) is 272 Å². The molecule has 0 aromatic heterocycles. The maximum Gasteiger partial charge on any atom is 0.268 e. The third kappa shape index (κ3) is 57.2. The van der Waals surface area contributed by atoms with E-state index in [9.17, 15) is 19.4 Å². The Kier molecular flexibility index (Phi) is 52.7. The lowest BCUT2D eigenvalue weighted by Crippen LogP contribution is -2.45. The van der Waals surface area contributed by atoms with Crippen LogP contribution in [-0.2, 0) is 18.4 Å². The minimum atomic E-state index is -4.60. The van der Waals surface area contributed by atoms with Gasteiger partial charge in [-0.15, -0.1) is 0 Å². The summed E-state index contributed by atoms with van der Waals surface area (Å²) >= 11 is 0. The molecule has 0 aromatic carbocycles. The summed E-state index contributed by atoms with van der Waals surface area (Å²) in [5.41, 5.74) is 0. The van der Waals surface area contributed by atoms with Crippen molar-refractivity contribution in [2.45, 2.75) is 276 Å². The highest BCUT2D eigenvalue weighted by Crippen LogP contribution is 2.38. The van der Waals surface area contributed by atoms with Crippen LogP contribution < -0.4 is 10.2 Å². The lowest BCUT2D eigenvalue weighted by Gasteiger charge is -2.29. The molecule has 9 heteroatoms. The van der Waals surface area contributed by atoms with Gasteiger partial charge < -0.3 is 28.8 Å². The molecule has 0 rings (SSSR count). The van der Waals surface area contributed by atoms with Gasteiger partial charge in [0.15, 0.2) is 0 Å². The van der Waals surface area contributed by atoms with Crippen molar-refractivity contribution in [3.8, 4) is 0 Å². The van der Waals surface area contributed by atoms with Crippen molar-refractivity contribution in [1.82, 2.24) is 5.32 Å². The first-order valence-corrected chi connectivity index (χ1v) is 31.9. The maximum atomic E-state index is 13.0. The van der Waals surface area contributed by atoms with Crippen molar-refractivity contribution >= 4 is 13.7 Å². The molecule has 0 saturated carbocycles. The number of amides is 1. The molecule has 3 unspecified atom stereocenters. The number of quaternary nitrogens is 1. The van der Waals surface area contributed by atoms with Gasteiger partial charge in [-0.25, -0.2) is 0 Å². The number of carbonyl (C=O) groups excluding carboxylic acids is 1. The third-order valence-corrected chi connectivity index (χ3v) is 14.3. The number of hydrogen-bond acceptors (Lipinski definition) is 6. The van der Waals surface area contributed by atoms with E-state index in [1.807, 2.05) is 27.2 Å². The monoisotopic (exact) mass is 1040 g/mol. The smallest absolute Gasteiger partial charge is 0.268 e. The van der Waals surface area contributed by atoms with Crippen LogP contribution in [0.15, 0.2) is 85.1 Å². The fourth-order valence-corrected chi connectivity index (χ4v) is 9.35. The van der Waals surface area contributed by atoms with Crippen molar-refractivity contribution < 1.29 is 32.9 Å². The molecule has 0 spiro atoms. The van der Waals surface area contributed by atoms with E-state index >= 15 is 0 Å². The first kappa shape index (κ1) is 70.7. The lowest BCUT2D eigenvalue weighted by atomic mass is 10.0. The molecule has 0 saturated heterocycles. The molecule has 8 nitrogen and oxygen atoms in total. The summed E-state index contributed by atoms with van der Waals surface area (Å²) < 4.78 is 23.4. The van der Waals surface area contributed by atoms with Crippen LogP contribution in [0, 0.1) is 0 Å². The summed E-state index contributed by atoms with van der Waals surface area (Å²) in [6.45, 7) is 4.55. The standard InChI is InChI=1S/C64H117N2O6P/c1-6-8-10-12-14-16-18-20-22-24-26-27-28-29-30-31-32-33-34-35-36-37-38-39-40-42-44-46-48-50-52-54-56-58-64(68)65-62(61-72-73(69,70)71-60-59-66(3,4)5)63(67)57-55-53-51-49-47-45-43-41-25-23-21-19-17-15-13-11-9-7-2/h8,10,14,16,20,22,26-27,29-30,32-33,55,57,62-63,67H,6-7,9,11-13,15,17-19,21,23-25,28,31,34-54,56,58-61H2,1-5H3,(H-,65,68,69,70)/b10-8-,16-14-,22-20-,27-26-,30-29-,33-32-,57-55+. The molecule has 424 valence electrons. The second kappa shape index (κ2) is 54.5. The van der Waals surface area contributed by atoms with E-state index in [0.29, 0.717) is 17.4 Å². The topological polar surface area (TPSA) is 108 Å². The number of nitrogens with one attached hydrogen (secondary N) is 1. The molecule has 73 heavy (non-hydrogen) atoms. The van der Waals surface area contributed by atoms with Gasteiger partial charge in [-0.3, -0.25) is 9.36 Å². The van der Waals surface area contributed by atoms with Crippen LogP contribution in [0.5, 0.6) is 0 Å². The van der Waals surface area contributed by atoms with Crippen LogP contribution >= 0.6 is 7.82 Å². The van der Waals surface area contributed by atoms with E-state index in [2.05, 4.69) is 92.1 Å². The van der Waals surface area contributed by atoms with E-state index < -0.39 is 20.0 Å². The summed E-state index contributed by atoms with van der Waals surface area (Å²) in [5.74, 6) is -0.199. The number of phosphoric ester groups is 1. The Morgan fingerprint density at radius 2 is 0.836 bits per heavy atom. The van der Waals surface area contributed by atoms with E-state index in [1.54, 1.807) is 6.08 Å². The van der Waals surface area contributed by atoms with Crippen LogP contribution in [-0.4, -0.2) is 68.5 Å². The Morgan fingerprint density at radius 1 is 0.493 bits per heavy atom. The van der Waals surface area contributed by atoms with E-state index in [1.165, 1.54) is 167 Å². The Morgan fingerprint density at radius 3 is 1.22 bits per heavy atom. The Hall–Kier alpha value is -2.32. The molecule has 0 aromatic rings. The summed E-state index contributed by atoms with van der Waals surface area (Å²) in [7, 11) is 1.26. The van der Waals surface area contributed by atoms with Gasteiger partial charge >= 0.3 is 0 Å². The van der Waals surface area contributed by atoms with E-state index in [-0.39, 0.29) is 19.1 Å². The van der Waals surface area contributed by atoms with Crippen molar-refractivity contribution in [1.29, 1.82) is 0 Å². The van der Waals surface area contributed by atoms with Crippen LogP contribution in [0.1, 0.15) is 264 Å². The number of hydrogen-bond donors (Lipinski definition) is 2. The minimum absolute atomic E-state index is 0.00317. The van der Waals surface area contributed by atoms with E-state index in [4.69, 9.17) is 9.05 Å². The second-order valence-electron chi connectivity index (χ2n) is 21.7. The van der Waals surface area contributed by atoms with Crippen LogP contribution in [0.2, 0.25) is 0 Å². The SMILES string of the molecule is CC/C=C\C/C=C\C/C=C\C/C=C\C/C=C\C/C=C\CCCCCCCCCCCCCCCCC(=O)NC(COP(=O)([O-])OCC[N+](C)(C)C)C(O)/C=C/CCCCCCCCCCCCCCCCCC. The quantitative estimate of drug-likeness (QED) is 0.0272. The maximum absolute atomic E-state index is 13.0. The van der Waals surface area contributed by atoms with Gasteiger partial charge in [0.25, 0.3) is 7.82 Å². The molecule has 0 aliphatic carbocycles. The molecule has 0 bridgehead atoms. The number of aliphatic hydroxyl groups is 1. The zero-order valence-corrected chi connectivity index (χ0v) is 49.2. The predicted molar refractivity (Wildman–Crippen MR) is 316 cm³/mol. The Bertz CT molecular complexity index is 1460. The van der Waals surface area contributed by atoms with Crippen molar-refractivity contribution in [2.24, 2.45) is 0 Å². The zero-order valence-electron chi connectivity index (χ0n) is 48.3. The van der Waals surface area contributed by atoms with Gasteiger partial charge in [0.1, 0.15) is 13.2 Å². The molecular weight excluding hydrogens is 924 g/mol. The number of carbonyl (C=O) groups is 1. The highest BCUT2D eigenvalue weighted by molar-refractivity contribution is 7.45. The lowest BCUT2D eigenvalue weighted by molar-refractivity contribution is -0.870.